The fourth-order valence-electron chi connectivity index (χ4n) is 3.74. The van der Waals surface area contributed by atoms with Crippen molar-refractivity contribution in [3.05, 3.63) is 71.8 Å². The Bertz CT molecular complexity index is 1040. The molecule has 0 unspecified atom stereocenters. The molecule has 0 saturated carbocycles. The third-order valence-corrected chi connectivity index (χ3v) is 5.35. The minimum atomic E-state index is -1.03. The van der Waals surface area contributed by atoms with Gasteiger partial charge < -0.3 is 14.2 Å². The van der Waals surface area contributed by atoms with E-state index in [1.54, 1.807) is 27.9 Å². The van der Waals surface area contributed by atoms with Crippen molar-refractivity contribution in [2.75, 3.05) is 7.11 Å². The zero-order chi connectivity index (χ0) is 24.7. The standard InChI is InChI=1S/C27H31NO6/c1-27(2,3)34-26(31)28-22(25(30)33-18-19-11-6-5-7-12-19)17-21(24(28)29)15-10-14-20-13-8-9-16-23(20)32-4/h5-14,16,21-22H,15,17-18H2,1-4H3/b14-10+/t21-,22+/m1/s1. The molecule has 3 rings (SSSR count). The number of rotatable bonds is 7. The second-order valence-corrected chi connectivity index (χ2v) is 9.11. The first-order valence-corrected chi connectivity index (χ1v) is 11.3. The summed E-state index contributed by atoms with van der Waals surface area (Å²) in [5.74, 6) is -0.901. The number of hydrogen-bond donors (Lipinski definition) is 0. The van der Waals surface area contributed by atoms with E-state index in [0.717, 1.165) is 16.0 Å². The zero-order valence-corrected chi connectivity index (χ0v) is 20.0. The highest BCUT2D eigenvalue weighted by molar-refractivity contribution is 6.00. The topological polar surface area (TPSA) is 82.1 Å². The Morgan fingerprint density at radius 3 is 2.41 bits per heavy atom. The molecule has 1 heterocycles. The largest absolute Gasteiger partial charge is 0.496 e. The third kappa shape index (κ3) is 6.47. The third-order valence-electron chi connectivity index (χ3n) is 5.35. The van der Waals surface area contributed by atoms with E-state index in [-0.39, 0.29) is 13.0 Å². The van der Waals surface area contributed by atoms with Crippen LogP contribution >= 0.6 is 0 Å². The van der Waals surface area contributed by atoms with Crippen LogP contribution < -0.4 is 4.74 Å². The number of benzene rings is 2. The number of carbonyl (C=O) groups excluding carboxylic acids is 3. The Morgan fingerprint density at radius 2 is 1.74 bits per heavy atom. The van der Waals surface area contributed by atoms with Crippen molar-refractivity contribution in [1.29, 1.82) is 0 Å². The van der Waals surface area contributed by atoms with Crippen LogP contribution in [0, 0.1) is 5.92 Å². The molecule has 0 radical (unpaired) electrons. The summed E-state index contributed by atoms with van der Waals surface area (Å²) in [7, 11) is 1.59. The summed E-state index contributed by atoms with van der Waals surface area (Å²) in [5.41, 5.74) is 0.885. The number of esters is 1. The number of methoxy groups -OCH3 is 1. The Hall–Kier alpha value is -3.61. The lowest BCUT2D eigenvalue weighted by atomic mass is 10.0. The monoisotopic (exact) mass is 465 g/mol. The van der Waals surface area contributed by atoms with Crippen LogP contribution in [0.5, 0.6) is 5.75 Å². The second-order valence-electron chi connectivity index (χ2n) is 9.11. The Morgan fingerprint density at radius 1 is 1.06 bits per heavy atom. The van der Waals surface area contributed by atoms with Crippen molar-refractivity contribution < 1.29 is 28.6 Å². The van der Waals surface area contributed by atoms with Gasteiger partial charge in [0.25, 0.3) is 0 Å². The summed E-state index contributed by atoms with van der Waals surface area (Å²) in [6.07, 6.45) is 3.41. The van der Waals surface area contributed by atoms with Gasteiger partial charge in [-0.2, -0.15) is 0 Å². The van der Waals surface area contributed by atoms with Crippen molar-refractivity contribution in [3.63, 3.8) is 0 Å². The fraction of sp³-hybridized carbons (Fsp3) is 0.370. The van der Waals surface area contributed by atoms with Crippen LogP contribution in [-0.2, 0) is 25.7 Å². The minimum absolute atomic E-state index is 0.0604. The summed E-state index contributed by atoms with van der Waals surface area (Å²) < 4.78 is 16.2. The van der Waals surface area contributed by atoms with Crippen LogP contribution in [0.3, 0.4) is 0 Å². The molecule has 0 aromatic heterocycles. The Balaban J connectivity index is 1.74. The molecule has 2 amide bonds. The van der Waals surface area contributed by atoms with Gasteiger partial charge in [-0.25, -0.2) is 14.5 Å². The maximum absolute atomic E-state index is 13.1. The molecule has 0 bridgehead atoms. The highest BCUT2D eigenvalue weighted by Crippen LogP contribution is 2.31. The molecule has 0 N–H and O–H groups in total. The predicted octanol–water partition coefficient (Wildman–Crippen LogP) is 4.99. The van der Waals surface area contributed by atoms with Gasteiger partial charge >= 0.3 is 12.1 Å². The molecule has 180 valence electrons. The maximum atomic E-state index is 13.1. The van der Waals surface area contributed by atoms with Crippen LogP contribution in [0.4, 0.5) is 4.79 Å². The SMILES string of the molecule is COc1ccccc1/C=C/C[C@@H]1C[C@@H](C(=O)OCc2ccccc2)N(C(=O)OC(C)(C)C)C1=O. The summed E-state index contributed by atoms with van der Waals surface area (Å²) in [4.78, 5) is 39.8. The lowest BCUT2D eigenvalue weighted by molar-refractivity contribution is -0.152. The number of hydrogen-bond acceptors (Lipinski definition) is 6. The molecule has 1 fully saturated rings. The van der Waals surface area contributed by atoms with Crippen molar-refractivity contribution in [1.82, 2.24) is 4.90 Å². The van der Waals surface area contributed by atoms with Gasteiger partial charge in [0.15, 0.2) is 0 Å². The zero-order valence-electron chi connectivity index (χ0n) is 20.0. The van der Waals surface area contributed by atoms with E-state index in [2.05, 4.69) is 0 Å². The van der Waals surface area contributed by atoms with Crippen molar-refractivity contribution in [2.24, 2.45) is 5.92 Å². The van der Waals surface area contributed by atoms with Crippen LogP contribution in [0.2, 0.25) is 0 Å². The van der Waals surface area contributed by atoms with Gasteiger partial charge in [-0.15, -0.1) is 0 Å². The molecule has 34 heavy (non-hydrogen) atoms. The maximum Gasteiger partial charge on any atom is 0.417 e. The van der Waals surface area contributed by atoms with Crippen LogP contribution in [0.1, 0.15) is 44.7 Å². The second kappa shape index (κ2) is 11.0. The molecule has 1 saturated heterocycles. The lowest BCUT2D eigenvalue weighted by Crippen LogP contribution is -2.46. The van der Waals surface area contributed by atoms with Crippen molar-refractivity contribution >= 4 is 24.0 Å². The highest BCUT2D eigenvalue weighted by atomic mass is 16.6. The number of amides is 2. The fourth-order valence-corrected chi connectivity index (χ4v) is 3.74. The van der Waals surface area contributed by atoms with Gasteiger partial charge in [-0.1, -0.05) is 60.7 Å². The van der Waals surface area contributed by atoms with E-state index in [1.165, 1.54) is 0 Å². The Labute approximate surface area is 200 Å². The number of allylic oxidation sites excluding steroid dienone is 1. The molecule has 2 atom stereocenters. The van der Waals surface area contributed by atoms with Crippen molar-refractivity contribution in [3.8, 4) is 5.75 Å². The number of imide groups is 1. The molecule has 1 aliphatic rings. The van der Waals surface area contributed by atoms with Crippen molar-refractivity contribution in [2.45, 2.75) is 51.9 Å². The minimum Gasteiger partial charge on any atom is -0.496 e. The van der Waals surface area contributed by atoms with Gasteiger partial charge in [-0.3, -0.25) is 4.79 Å². The van der Waals surface area contributed by atoms with E-state index >= 15 is 0 Å². The lowest BCUT2D eigenvalue weighted by Gasteiger charge is -2.26. The normalized spacial score (nSPS) is 18.2. The number of likely N-dealkylation sites (tertiary alicyclic amines) is 1. The summed E-state index contributed by atoms with van der Waals surface area (Å²) in [6, 6.07) is 15.7. The summed E-state index contributed by atoms with van der Waals surface area (Å²) in [6.45, 7) is 5.19. The van der Waals surface area contributed by atoms with Crippen LogP contribution in [-0.4, -0.2) is 41.6 Å². The van der Waals surface area contributed by atoms with Gasteiger partial charge in [-0.05, 0) is 45.2 Å². The molecule has 7 heteroatoms. The first kappa shape index (κ1) is 25.0. The Kier molecular flexibility index (Phi) is 8.10. The number of nitrogens with zero attached hydrogens (tertiary/aromatic N) is 1. The van der Waals surface area contributed by atoms with Crippen LogP contribution in [0.25, 0.3) is 6.08 Å². The van der Waals surface area contributed by atoms with Gasteiger partial charge in [0.1, 0.15) is 24.0 Å². The van der Waals surface area contributed by atoms with Gasteiger partial charge in [0, 0.05) is 11.5 Å². The van der Waals surface area contributed by atoms with E-state index in [4.69, 9.17) is 14.2 Å². The van der Waals surface area contributed by atoms with E-state index in [1.807, 2.05) is 66.7 Å². The molecular formula is C27H31NO6. The molecule has 0 spiro atoms. The average molecular weight is 466 g/mol. The molecule has 1 aliphatic heterocycles. The molecular weight excluding hydrogens is 434 g/mol. The predicted molar refractivity (Wildman–Crippen MR) is 128 cm³/mol. The first-order valence-electron chi connectivity index (χ1n) is 11.3. The van der Waals surface area contributed by atoms with E-state index in [0.29, 0.717) is 12.2 Å². The van der Waals surface area contributed by atoms with Gasteiger partial charge in [0.05, 0.1) is 7.11 Å². The molecule has 7 nitrogen and oxygen atoms in total. The smallest absolute Gasteiger partial charge is 0.417 e. The summed E-state index contributed by atoms with van der Waals surface area (Å²) in [5, 5.41) is 0. The number of ether oxygens (including phenoxy) is 3. The first-order chi connectivity index (χ1) is 16.2. The quantitative estimate of drug-likeness (QED) is 0.536. The molecule has 0 aliphatic carbocycles. The van der Waals surface area contributed by atoms with E-state index < -0.39 is 35.5 Å². The number of para-hydroxylation sites is 1. The molecule has 2 aromatic rings. The van der Waals surface area contributed by atoms with Gasteiger partial charge in [0.2, 0.25) is 5.91 Å². The van der Waals surface area contributed by atoms with E-state index in [9.17, 15) is 14.4 Å². The number of carbonyl (C=O) groups is 3. The molecule has 2 aromatic carbocycles. The average Bonchev–Trinajstić information content (AvgIpc) is 3.13. The summed E-state index contributed by atoms with van der Waals surface area (Å²) >= 11 is 0. The van der Waals surface area contributed by atoms with Crippen LogP contribution in [0.15, 0.2) is 60.7 Å². The highest BCUT2D eigenvalue weighted by Gasteiger charge is 2.48.